The zero-order valence-electron chi connectivity index (χ0n) is 42.9. The van der Waals surface area contributed by atoms with Gasteiger partial charge in [-0.05, 0) is 77.4 Å². The molecule has 416 valence electrons. The zero-order chi connectivity index (χ0) is 55.9. The van der Waals surface area contributed by atoms with Crippen LogP contribution >= 0.6 is 0 Å². The summed E-state index contributed by atoms with van der Waals surface area (Å²) in [6, 6.07) is -3.01. The molecule has 0 aromatic heterocycles. The van der Waals surface area contributed by atoms with Gasteiger partial charge in [-0.2, -0.15) is 0 Å². The van der Waals surface area contributed by atoms with Gasteiger partial charge in [0.05, 0.1) is 19.3 Å². The normalized spacial score (nSPS) is 15.0. The number of amides is 9. The fourth-order valence-corrected chi connectivity index (χ4v) is 7.10. The fourth-order valence-electron chi connectivity index (χ4n) is 7.10. The van der Waals surface area contributed by atoms with Crippen LogP contribution in [0.4, 0.5) is 0 Å². The maximum absolute atomic E-state index is 13.8. The van der Waals surface area contributed by atoms with Crippen molar-refractivity contribution < 1.29 is 53.4 Å². The highest BCUT2D eigenvalue weighted by Gasteiger charge is 2.34. The predicted molar refractivity (Wildman–Crippen MR) is 274 cm³/mol. The summed E-state index contributed by atoms with van der Waals surface area (Å²) < 4.78 is 0. The number of guanidine groups is 2. The predicted octanol–water partition coefficient (Wildman–Crippen LogP) is -6.09. The number of likely N-dealkylation sites (N-methyl/N-ethyl adjacent to an activating group) is 1. The van der Waals surface area contributed by atoms with Gasteiger partial charge in [-0.3, -0.25) is 54.0 Å². The molecule has 74 heavy (non-hydrogen) atoms. The number of carbonyl (C=O) groups is 9. The molecule has 0 fully saturated rings. The number of nitrogens with two attached hydrogens (primary N) is 4. The molecule has 0 saturated heterocycles. The van der Waals surface area contributed by atoms with E-state index in [0.717, 1.165) is 0 Å². The Hall–Kier alpha value is -7.17. The third-order valence-corrected chi connectivity index (χ3v) is 11.7. The minimum absolute atomic E-state index is 0.000779. The van der Waals surface area contributed by atoms with E-state index in [1.165, 1.54) is 13.8 Å². The number of rotatable bonds is 36. The van der Waals surface area contributed by atoms with Crippen molar-refractivity contribution >= 4 is 65.1 Å². The van der Waals surface area contributed by atoms with Crippen LogP contribution in [0.3, 0.4) is 0 Å². The second-order valence-electron chi connectivity index (χ2n) is 17.7. The van der Waals surface area contributed by atoms with Gasteiger partial charge in [0.25, 0.3) is 0 Å². The summed E-state index contributed by atoms with van der Waals surface area (Å²) in [5, 5.41) is 63.0. The van der Waals surface area contributed by atoms with Crippen molar-refractivity contribution in [2.75, 3.05) is 39.9 Å². The third-order valence-electron chi connectivity index (χ3n) is 11.7. The summed E-state index contributed by atoms with van der Waals surface area (Å²) in [4.78, 5) is 120. The van der Waals surface area contributed by atoms with Gasteiger partial charge in [-0.25, -0.2) is 0 Å². The van der Waals surface area contributed by atoms with Crippen LogP contribution in [0.1, 0.15) is 84.6 Å². The minimum Gasteiger partial charge on any atom is -0.394 e. The Kier molecular flexibility index (Phi) is 30.7. The second kappa shape index (κ2) is 35.1. The molecule has 1 aromatic rings. The first kappa shape index (κ1) is 64.8. The Morgan fingerprint density at radius 3 is 1.32 bits per heavy atom. The van der Waals surface area contributed by atoms with E-state index in [9.17, 15) is 53.4 Å². The molecule has 0 aliphatic rings. The lowest BCUT2D eigenvalue weighted by molar-refractivity contribution is -0.136. The Morgan fingerprint density at radius 1 is 0.527 bits per heavy atom. The summed E-state index contributed by atoms with van der Waals surface area (Å²) in [5.74, 6) is -8.62. The Balaban J connectivity index is 3.14. The van der Waals surface area contributed by atoms with Crippen LogP contribution in [0.5, 0.6) is 0 Å². The number of benzene rings is 1. The molecule has 28 heteroatoms. The van der Waals surface area contributed by atoms with Crippen LogP contribution in [0.2, 0.25) is 0 Å². The van der Waals surface area contributed by atoms with Gasteiger partial charge in [-0.1, -0.05) is 57.0 Å². The first-order valence-corrected chi connectivity index (χ1v) is 24.5. The number of unbranched alkanes of at least 4 members (excludes halogenated alkanes) is 1. The molecule has 9 amide bonds. The lowest BCUT2D eigenvalue weighted by Crippen LogP contribution is -2.61. The van der Waals surface area contributed by atoms with Crippen molar-refractivity contribution in [2.24, 2.45) is 28.9 Å². The summed E-state index contributed by atoms with van der Waals surface area (Å²) in [6.07, 6.45) is 2.58. The minimum atomic E-state index is -1.70. The van der Waals surface area contributed by atoms with E-state index in [0.29, 0.717) is 37.8 Å². The molecule has 0 saturated carbocycles. The van der Waals surface area contributed by atoms with Crippen molar-refractivity contribution in [1.29, 1.82) is 10.8 Å². The lowest BCUT2D eigenvalue weighted by atomic mass is 9.97. The van der Waals surface area contributed by atoms with E-state index in [4.69, 9.17) is 33.8 Å². The number of primary amides is 1. The van der Waals surface area contributed by atoms with E-state index in [1.807, 2.05) is 6.92 Å². The summed E-state index contributed by atoms with van der Waals surface area (Å²) >= 11 is 0. The third kappa shape index (κ3) is 24.5. The Bertz CT molecular complexity index is 2020. The van der Waals surface area contributed by atoms with E-state index in [2.05, 4.69) is 58.5 Å². The van der Waals surface area contributed by atoms with Gasteiger partial charge in [0.1, 0.15) is 48.3 Å². The molecule has 0 spiro atoms. The smallest absolute Gasteiger partial charge is 0.245 e. The summed E-state index contributed by atoms with van der Waals surface area (Å²) in [7, 11) is 1.58. The number of aliphatic hydroxyl groups excluding tert-OH is 2. The molecule has 0 radical (unpaired) electrons. The molecule has 23 N–H and O–H groups in total. The van der Waals surface area contributed by atoms with E-state index < -0.39 is 121 Å². The molecular formula is C46H81N17O11. The first-order valence-electron chi connectivity index (χ1n) is 24.5. The van der Waals surface area contributed by atoms with Crippen molar-refractivity contribution in [3.8, 4) is 0 Å². The average Bonchev–Trinajstić information content (AvgIpc) is 3.36. The highest BCUT2D eigenvalue weighted by molar-refractivity contribution is 5.98. The van der Waals surface area contributed by atoms with Crippen LogP contribution in [-0.4, -0.2) is 170 Å². The van der Waals surface area contributed by atoms with Gasteiger partial charge in [0.15, 0.2) is 11.9 Å². The molecule has 0 aliphatic carbocycles. The monoisotopic (exact) mass is 1050 g/mol. The van der Waals surface area contributed by atoms with Crippen molar-refractivity contribution in [3.05, 3.63) is 35.9 Å². The van der Waals surface area contributed by atoms with E-state index in [-0.39, 0.29) is 63.0 Å². The summed E-state index contributed by atoms with van der Waals surface area (Å²) in [5.41, 5.74) is 22.6. The van der Waals surface area contributed by atoms with Crippen LogP contribution in [0, 0.1) is 16.7 Å². The van der Waals surface area contributed by atoms with E-state index in [1.54, 1.807) is 44.3 Å². The van der Waals surface area contributed by atoms with Crippen LogP contribution in [-0.2, 0) is 49.6 Å². The quantitative estimate of drug-likeness (QED) is 0.0169. The van der Waals surface area contributed by atoms with Crippen LogP contribution in [0.15, 0.2) is 30.3 Å². The molecule has 0 unspecified atom stereocenters. The molecule has 0 aliphatic heterocycles. The number of hydrogen-bond donors (Lipinski definition) is 19. The second-order valence-corrected chi connectivity index (χ2v) is 17.7. The largest absolute Gasteiger partial charge is 0.394 e. The maximum atomic E-state index is 13.8. The Labute approximate surface area is 431 Å². The molecule has 1 aromatic carbocycles. The molecule has 28 nitrogen and oxygen atoms in total. The fraction of sp³-hybridized carbons (Fsp3) is 0.630. The van der Waals surface area contributed by atoms with Gasteiger partial charge >= 0.3 is 0 Å². The van der Waals surface area contributed by atoms with Gasteiger partial charge in [0.2, 0.25) is 53.2 Å². The van der Waals surface area contributed by atoms with E-state index >= 15 is 0 Å². The highest BCUT2D eigenvalue weighted by atomic mass is 16.3. The number of aliphatic hydroxyl groups is 2. The molecule has 0 heterocycles. The lowest BCUT2D eigenvalue weighted by Gasteiger charge is -2.27. The van der Waals surface area contributed by atoms with Gasteiger partial charge in [-0.15, -0.1) is 0 Å². The average molecular weight is 1050 g/mol. The molecule has 1 rings (SSSR count). The topological polar surface area (TPSA) is 478 Å². The zero-order valence-corrected chi connectivity index (χ0v) is 42.9. The SMILES string of the molecule is CC[C@H](C)[C@H](NC(=O)[C@H](Cc1ccccc1)NC(=O)[C@H](C)NC(=O)[C@H](CO)NC(=O)[C@H](C)NC(=O)[C@H](CO)NC(=O)[C@H](CCCNC(=N)N)NC(=O)[C@H](CCCNC(=N)N)NC(=O)[C@H](CCCCN)NC)C(N)=O. The molecule has 10 atom stereocenters. The maximum Gasteiger partial charge on any atom is 0.245 e. The molecular weight excluding hydrogens is 967 g/mol. The molecule has 0 bridgehead atoms. The number of hydrogen-bond acceptors (Lipinski definition) is 15. The van der Waals surface area contributed by atoms with Crippen LogP contribution < -0.4 is 81.4 Å². The van der Waals surface area contributed by atoms with Crippen molar-refractivity contribution in [2.45, 2.75) is 140 Å². The van der Waals surface area contributed by atoms with Gasteiger partial charge in [0, 0.05) is 19.5 Å². The number of nitrogens with one attached hydrogen (secondary N) is 13. The first-order chi connectivity index (χ1) is 35.0. The number of carbonyl (C=O) groups excluding carboxylic acids is 9. The Morgan fingerprint density at radius 2 is 0.919 bits per heavy atom. The highest BCUT2D eigenvalue weighted by Crippen LogP contribution is 2.11. The summed E-state index contributed by atoms with van der Waals surface area (Å²) in [6.45, 7) is 4.78. The van der Waals surface area contributed by atoms with Crippen molar-refractivity contribution in [1.82, 2.24) is 58.5 Å². The van der Waals surface area contributed by atoms with Crippen LogP contribution in [0.25, 0.3) is 0 Å². The van der Waals surface area contributed by atoms with Crippen molar-refractivity contribution in [3.63, 3.8) is 0 Å². The van der Waals surface area contributed by atoms with Gasteiger partial charge < -0.3 is 91.6 Å². The standard InChI is InChI=1S/C46H81N17O11/c1-6-25(2)35(36(48)66)63-42(72)32(22-28-14-8-7-9-15-28)60-37(67)26(3)56-43(73)33(23-64)61-38(68)27(4)57-44(74)34(24-65)62-41(71)31(18-13-21-55-46(51)52)59-40(70)30(17-12-20-54-45(49)50)58-39(69)29(53-5)16-10-11-19-47/h7-9,14-15,25-27,29-35,53,64-65H,6,10-13,16-24,47H2,1-5H3,(H2,48,66)(H,56,73)(H,57,74)(H,58,69)(H,59,70)(H,60,67)(H,61,68)(H,62,71)(H,63,72)(H4,49,50,54)(H4,51,52,55)/t25-,26-,27-,29-,30-,31-,32-,33-,34-,35-/m0/s1.